The van der Waals surface area contributed by atoms with Crippen LogP contribution in [0.1, 0.15) is 20.7 Å². The molecule has 0 atom stereocenters. The van der Waals surface area contributed by atoms with Gasteiger partial charge in [0.05, 0.1) is 37.6 Å². The van der Waals surface area contributed by atoms with Crippen LogP contribution in [0, 0.1) is 0 Å². The number of hydrogen-bond acceptors (Lipinski definition) is 8. The second kappa shape index (κ2) is 15.6. The third-order valence-electron chi connectivity index (χ3n) is 4.90. The molecule has 0 aliphatic carbocycles. The van der Waals surface area contributed by atoms with Crippen LogP contribution in [0.3, 0.4) is 0 Å². The predicted octanol–water partition coefficient (Wildman–Crippen LogP) is 5.00. The number of aldehydes is 2. The van der Waals surface area contributed by atoms with Crippen molar-refractivity contribution < 1.29 is 54.9 Å². The number of halogens is 7. The minimum atomic E-state index is -4.82. The van der Waals surface area contributed by atoms with Gasteiger partial charge in [0.2, 0.25) is 0 Å². The van der Waals surface area contributed by atoms with Gasteiger partial charge in [-0.3, -0.25) is 9.59 Å². The summed E-state index contributed by atoms with van der Waals surface area (Å²) in [5.74, 6) is -0.992. The fraction of sp³-hybridized carbons (Fsp3) is 0.417. The number of nitrogens with one attached hydrogen (secondary N) is 1. The monoisotopic (exact) mass is 630 g/mol. The van der Waals surface area contributed by atoms with Gasteiger partial charge in [0, 0.05) is 42.4 Å². The fourth-order valence-corrected chi connectivity index (χ4v) is 3.53. The maximum Gasteiger partial charge on any atom is 0.573 e. The van der Waals surface area contributed by atoms with Gasteiger partial charge in [0.25, 0.3) is 0 Å². The zero-order valence-electron chi connectivity index (χ0n) is 20.3. The molecule has 0 bridgehead atoms. The molecule has 4 rings (SSSR count). The largest absolute Gasteiger partial charge is 0.573 e. The van der Waals surface area contributed by atoms with Gasteiger partial charge in [-0.1, -0.05) is 15.9 Å². The Morgan fingerprint density at radius 2 is 1.26 bits per heavy atom. The normalized spacial score (nSPS) is 15.6. The van der Waals surface area contributed by atoms with E-state index < -0.39 is 24.2 Å². The maximum atomic E-state index is 12.3. The molecule has 2 aromatic carbocycles. The molecule has 2 fully saturated rings. The van der Waals surface area contributed by atoms with Gasteiger partial charge in [-0.05, 0) is 30.3 Å². The number of carbonyl (C=O) groups is 2. The first-order valence-electron chi connectivity index (χ1n) is 11.4. The summed E-state index contributed by atoms with van der Waals surface area (Å²) in [5, 5.41) is 3.16. The summed E-state index contributed by atoms with van der Waals surface area (Å²) in [5.41, 5.74) is 0.299. The molecule has 216 valence electrons. The number of rotatable bonds is 5. The van der Waals surface area contributed by atoms with Crippen molar-refractivity contribution in [2.24, 2.45) is 0 Å². The Morgan fingerprint density at radius 3 is 1.69 bits per heavy atom. The van der Waals surface area contributed by atoms with E-state index >= 15 is 0 Å². The van der Waals surface area contributed by atoms with Crippen LogP contribution in [0.4, 0.5) is 32.0 Å². The third-order valence-corrected chi connectivity index (χ3v) is 5.39. The summed E-state index contributed by atoms with van der Waals surface area (Å²) in [7, 11) is 0. The third kappa shape index (κ3) is 12.7. The molecule has 2 saturated heterocycles. The van der Waals surface area contributed by atoms with Crippen LogP contribution in [-0.4, -0.2) is 77.9 Å². The number of hydrogen-bond donors (Lipinski definition) is 1. The maximum absolute atomic E-state index is 12.3. The molecule has 8 nitrogen and oxygen atoms in total. The molecule has 2 aromatic rings. The van der Waals surface area contributed by atoms with Gasteiger partial charge in [-0.15, -0.1) is 26.3 Å². The van der Waals surface area contributed by atoms with Crippen LogP contribution in [0.2, 0.25) is 0 Å². The average molecular weight is 631 g/mol. The number of alkyl halides is 6. The highest BCUT2D eigenvalue weighted by Gasteiger charge is 2.33. The highest BCUT2D eigenvalue weighted by atomic mass is 79.9. The Morgan fingerprint density at radius 1 is 0.769 bits per heavy atom. The molecule has 2 heterocycles. The van der Waals surface area contributed by atoms with E-state index in [0.29, 0.717) is 49.0 Å². The first-order chi connectivity index (χ1) is 18.4. The van der Waals surface area contributed by atoms with E-state index in [1.54, 1.807) is 6.07 Å². The fourth-order valence-electron chi connectivity index (χ4n) is 3.19. The van der Waals surface area contributed by atoms with E-state index in [4.69, 9.17) is 9.47 Å². The lowest BCUT2D eigenvalue weighted by Crippen LogP contribution is -2.36. The Kier molecular flexibility index (Phi) is 13.0. The van der Waals surface area contributed by atoms with E-state index in [1.807, 2.05) is 4.90 Å². The number of anilines is 1. The molecular weight excluding hydrogens is 606 g/mol. The molecule has 15 heteroatoms. The van der Waals surface area contributed by atoms with Crippen LogP contribution < -0.4 is 19.7 Å². The van der Waals surface area contributed by atoms with Crippen molar-refractivity contribution in [1.82, 2.24) is 5.32 Å². The van der Waals surface area contributed by atoms with Gasteiger partial charge in [-0.2, -0.15) is 0 Å². The first-order valence-corrected chi connectivity index (χ1v) is 12.2. The quantitative estimate of drug-likeness (QED) is 0.365. The van der Waals surface area contributed by atoms with Crippen molar-refractivity contribution in [2.45, 2.75) is 12.7 Å². The van der Waals surface area contributed by atoms with Crippen molar-refractivity contribution in [3.63, 3.8) is 0 Å². The lowest BCUT2D eigenvalue weighted by molar-refractivity contribution is -0.275. The average Bonchev–Trinajstić information content (AvgIpc) is 2.89. The van der Waals surface area contributed by atoms with Crippen LogP contribution >= 0.6 is 15.9 Å². The van der Waals surface area contributed by atoms with Gasteiger partial charge in [0.1, 0.15) is 11.5 Å². The minimum absolute atomic E-state index is 0.130. The van der Waals surface area contributed by atoms with Crippen molar-refractivity contribution in [2.75, 3.05) is 57.5 Å². The van der Waals surface area contributed by atoms with E-state index in [-0.39, 0.29) is 11.1 Å². The smallest absolute Gasteiger partial charge is 0.405 e. The zero-order valence-corrected chi connectivity index (χ0v) is 21.9. The number of benzene rings is 2. The summed E-state index contributed by atoms with van der Waals surface area (Å²) >= 11 is 2.97. The lowest BCUT2D eigenvalue weighted by atomic mass is 10.2. The Labute approximate surface area is 228 Å². The second-order valence-electron chi connectivity index (χ2n) is 7.70. The molecule has 39 heavy (non-hydrogen) atoms. The molecule has 0 amide bonds. The number of carbonyl (C=O) groups excluding carboxylic acids is 2. The van der Waals surface area contributed by atoms with Crippen molar-refractivity contribution in [3.05, 3.63) is 52.0 Å². The molecule has 0 radical (unpaired) electrons. The van der Waals surface area contributed by atoms with Crippen LogP contribution in [0.25, 0.3) is 0 Å². The number of nitrogens with zero attached hydrogens (tertiary/aromatic N) is 1. The van der Waals surface area contributed by atoms with Gasteiger partial charge in [-0.25, -0.2) is 0 Å². The molecule has 2 aliphatic rings. The van der Waals surface area contributed by atoms with Gasteiger partial charge < -0.3 is 29.2 Å². The van der Waals surface area contributed by atoms with Crippen molar-refractivity contribution in [3.8, 4) is 11.5 Å². The molecule has 0 aromatic heterocycles. The van der Waals surface area contributed by atoms with Gasteiger partial charge >= 0.3 is 12.7 Å². The number of ether oxygens (including phenoxy) is 4. The Bertz CT molecular complexity index is 1050. The topological polar surface area (TPSA) is 86.3 Å². The Hall–Kier alpha value is -2.88. The van der Waals surface area contributed by atoms with Crippen LogP contribution in [0.15, 0.2) is 40.9 Å². The van der Waals surface area contributed by atoms with E-state index in [9.17, 15) is 35.9 Å². The van der Waals surface area contributed by atoms with Crippen LogP contribution in [-0.2, 0) is 9.47 Å². The van der Waals surface area contributed by atoms with Crippen molar-refractivity contribution >= 4 is 34.2 Å². The highest BCUT2D eigenvalue weighted by molar-refractivity contribution is 9.10. The predicted molar refractivity (Wildman–Crippen MR) is 131 cm³/mol. The molecule has 0 spiro atoms. The van der Waals surface area contributed by atoms with E-state index in [2.05, 4.69) is 30.7 Å². The molecule has 0 saturated carbocycles. The Balaban J connectivity index is 0.000000232. The second-order valence-corrected chi connectivity index (χ2v) is 8.61. The summed E-state index contributed by atoms with van der Waals surface area (Å²) in [6.07, 6.45) is -8.97. The minimum Gasteiger partial charge on any atom is -0.405 e. The first kappa shape index (κ1) is 32.3. The van der Waals surface area contributed by atoms with Crippen LogP contribution in [0.5, 0.6) is 11.5 Å². The zero-order chi connectivity index (χ0) is 28.9. The summed E-state index contributed by atoms with van der Waals surface area (Å²) in [6.45, 7) is 6.05. The van der Waals surface area contributed by atoms with E-state index in [1.165, 1.54) is 24.3 Å². The highest BCUT2D eigenvalue weighted by Crippen LogP contribution is 2.30. The molecule has 2 aliphatic heterocycles. The molecule has 1 N–H and O–H groups in total. The van der Waals surface area contributed by atoms with Gasteiger partial charge in [0.15, 0.2) is 12.6 Å². The molecule has 0 unspecified atom stereocenters. The summed E-state index contributed by atoms with van der Waals surface area (Å²) < 4.78 is 90.4. The lowest BCUT2D eigenvalue weighted by Gasteiger charge is -2.29. The number of morpholine rings is 2. The molecular formula is C24H25BrF6N2O6. The SMILES string of the molecule is C1COCCN1.O=Cc1ccc(Br)cc1OC(F)(F)F.O=Cc1ccc(N2CCOCC2)cc1OC(F)(F)F. The summed E-state index contributed by atoms with van der Waals surface area (Å²) in [6, 6.07) is 7.90. The summed E-state index contributed by atoms with van der Waals surface area (Å²) in [4.78, 5) is 23.0. The van der Waals surface area contributed by atoms with E-state index in [0.717, 1.165) is 32.4 Å². The standard InChI is InChI=1S/C12H12F3NO3.C8H4BrF3O2.C4H9NO/c13-12(14,15)19-11-7-10(2-1-9(11)8-17)16-3-5-18-6-4-16;9-6-2-1-5(4-13)7(3-6)14-8(10,11)12;1-3-6-4-2-5-1/h1-2,7-8H,3-6H2;1-4H;5H,1-4H2. The van der Waals surface area contributed by atoms with Crippen molar-refractivity contribution in [1.29, 1.82) is 0 Å².